The van der Waals surface area contributed by atoms with Crippen molar-refractivity contribution in [3.05, 3.63) is 58.6 Å². The number of halogens is 3. The fourth-order valence-electron chi connectivity index (χ4n) is 4.09. The average molecular weight is 506 g/mol. The molecular formula is C23H22ClF2N5O4. The molecule has 1 fully saturated rings. The minimum Gasteiger partial charge on any atom is -0.465 e. The lowest BCUT2D eigenvalue weighted by atomic mass is 10.1. The smallest absolute Gasteiger partial charge is 0.341 e. The van der Waals surface area contributed by atoms with Gasteiger partial charge in [-0.3, -0.25) is 9.59 Å². The summed E-state index contributed by atoms with van der Waals surface area (Å²) in [5, 5.41) is 2.92. The second-order valence-corrected chi connectivity index (χ2v) is 8.49. The van der Waals surface area contributed by atoms with Crippen LogP contribution in [0.15, 0.2) is 36.7 Å². The van der Waals surface area contributed by atoms with Crippen molar-refractivity contribution in [1.29, 1.82) is 0 Å². The van der Waals surface area contributed by atoms with Crippen molar-refractivity contribution in [2.75, 3.05) is 19.4 Å². The number of likely N-dealkylation sites (tertiary alicyclic amines) is 1. The van der Waals surface area contributed by atoms with Gasteiger partial charge in [-0.15, -0.1) is 0 Å². The number of aromatic nitrogens is 2. The highest BCUT2D eigenvalue weighted by molar-refractivity contribution is 6.30. The Bertz CT molecular complexity index is 1310. The van der Waals surface area contributed by atoms with Gasteiger partial charge in [-0.05, 0) is 12.1 Å². The van der Waals surface area contributed by atoms with Crippen LogP contribution in [0.5, 0.6) is 0 Å². The third kappa shape index (κ3) is 4.76. The number of esters is 1. The number of anilines is 1. The molecule has 9 nitrogen and oxygen atoms in total. The van der Waals surface area contributed by atoms with E-state index >= 15 is 0 Å². The molecule has 3 aromatic rings. The number of pyridine rings is 1. The van der Waals surface area contributed by atoms with Gasteiger partial charge in [-0.1, -0.05) is 23.7 Å². The van der Waals surface area contributed by atoms with Gasteiger partial charge in [0.05, 0.1) is 24.4 Å². The molecule has 2 atom stereocenters. The zero-order valence-corrected chi connectivity index (χ0v) is 19.4. The van der Waals surface area contributed by atoms with Gasteiger partial charge in [0.25, 0.3) is 0 Å². The van der Waals surface area contributed by atoms with Crippen molar-refractivity contribution < 1.29 is 27.9 Å². The number of nitrogens with two attached hydrogens (primary N) is 1. The first-order chi connectivity index (χ1) is 16.7. The van der Waals surface area contributed by atoms with Gasteiger partial charge >= 0.3 is 5.97 Å². The van der Waals surface area contributed by atoms with E-state index in [4.69, 9.17) is 17.3 Å². The molecule has 0 radical (unpaired) electrons. The van der Waals surface area contributed by atoms with Crippen LogP contribution in [-0.4, -0.2) is 58.1 Å². The molecule has 1 aliphatic rings. The third-order valence-electron chi connectivity index (χ3n) is 5.90. The predicted octanol–water partition coefficient (Wildman–Crippen LogP) is 2.45. The molecule has 0 bridgehead atoms. The van der Waals surface area contributed by atoms with Crippen LogP contribution >= 0.6 is 11.6 Å². The van der Waals surface area contributed by atoms with E-state index in [1.807, 2.05) is 0 Å². The molecule has 1 aromatic carbocycles. The van der Waals surface area contributed by atoms with Crippen LogP contribution in [0.4, 0.5) is 14.5 Å². The van der Waals surface area contributed by atoms with E-state index in [1.165, 1.54) is 30.0 Å². The molecule has 2 aromatic heterocycles. The second kappa shape index (κ2) is 9.87. The van der Waals surface area contributed by atoms with Crippen molar-refractivity contribution in [2.45, 2.75) is 31.7 Å². The number of alkyl halides is 1. The third-order valence-corrected chi connectivity index (χ3v) is 6.19. The molecule has 0 unspecified atom stereocenters. The number of rotatable bonds is 6. The van der Waals surface area contributed by atoms with Crippen molar-refractivity contribution >= 4 is 46.1 Å². The minimum absolute atomic E-state index is 0.0786. The molecule has 0 aliphatic carbocycles. The summed E-state index contributed by atoms with van der Waals surface area (Å²) in [6.45, 7) is -0.634. The number of hydrogen-bond acceptors (Lipinski definition) is 6. The van der Waals surface area contributed by atoms with Crippen molar-refractivity contribution in [2.24, 2.45) is 0 Å². The number of methoxy groups -OCH3 is 1. The van der Waals surface area contributed by atoms with E-state index < -0.39 is 35.8 Å². The lowest BCUT2D eigenvalue weighted by Crippen LogP contribution is -2.46. The number of ether oxygens (including phenoxy) is 1. The van der Waals surface area contributed by atoms with E-state index in [9.17, 15) is 23.2 Å². The zero-order chi connectivity index (χ0) is 25.3. The Morgan fingerprint density at radius 3 is 2.83 bits per heavy atom. The number of carbonyl (C=O) groups is 3. The highest BCUT2D eigenvalue weighted by Crippen LogP contribution is 2.26. The van der Waals surface area contributed by atoms with Gasteiger partial charge in [-0.2, -0.15) is 0 Å². The van der Waals surface area contributed by atoms with Crippen LogP contribution in [0.3, 0.4) is 0 Å². The fraction of sp³-hybridized carbons (Fsp3) is 0.304. The van der Waals surface area contributed by atoms with Crippen LogP contribution in [0.2, 0.25) is 5.02 Å². The summed E-state index contributed by atoms with van der Waals surface area (Å²) < 4.78 is 34.5. The molecular weight excluding hydrogens is 484 g/mol. The SMILES string of the molecule is COC(=O)c1cnc2c(ccn2CC(=O)N2C[C@H](F)C[C@H]2C(=O)NCc2cccc(Cl)c2F)c1N. The first-order valence-corrected chi connectivity index (χ1v) is 11.0. The molecule has 184 valence electrons. The number of amides is 2. The number of carbonyl (C=O) groups excluding carboxylic acids is 3. The normalized spacial score (nSPS) is 17.5. The van der Waals surface area contributed by atoms with E-state index in [-0.39, 0.29) is 47.9 Å². The molecule has 0 saturated carbocycles. The maximum Gasteiger partial charge on any atom is 0.341 e. The predicted molar refractivity (Wildman–Crippen MR) is 124 cm³/mol. The van der Waals surface area contributed by atoms with E-state index in [2.05, 4.69) is 15.0 Å². The lowest BCUT2D eigenvalue weighted by molar-refractivity contribution is -0.139. The summed E-state index contributed by atoms with van der Waals surface area (Å²) in [5.41, 5.74) is 6.82. The van der Waals surface area contributed by atoms with Crippen LogP contribution in [0.25, 0.3) is 11.0 Å². The molecule has 1 saturated heterocycles. The molecule has 4 rings (SSSR count). The molecule has 3 heterocycles. The summed E-state index contributed by atoms with van der Waals surface area (Å²) in [7, 11) is 1.22. The molecule has 3 N–H and O–H groups in total. The Morgan fingerprint density at radius 2 is 2.09 bits per heavy atom. The Morgan fingerprint density at radius 1 is 1.31 bits per heavy atom. The Hall–Kier alpha value is -3.73. The van der Waals surface area contributed by atoms with Crippen LogP contribution in [0.1, 0.15) is 22.3 Å². The number of nitrogens with one attached hydrogen (secondary N) is 1. The molecule has 1 aliphatic heterocycles. The number of benzene rings is 1. The van der Waals surface area contributed by atoms with Crippen molar-refractivity contribution in [1.82, 2.24) is 19.8 Å². The first-order valence-electron chi connectivity index (χ1n) is 10.7. The molecule has 12 heteroatoms. The number of fused-ring (bicyclic) bond motifs is 1. The molecule has 35 heavy (non-hydrogen) atoms. The summed E-state index contributed by atoms with van der Waals surface area (Å²) in [5.74, 6) is -2.40. The number of hydrogen-bond donors (Lipinski definition) is 2. The average Bonchev–Trinajstić information content (AvgIpc) is 3.43. The maximum absolute atomic E-state index is 14.2. The van der Waals surface area contributed by atoms with Gasteiger partial charge in [0.2, 0.25) is 11.8 Å². The Labute approximate surface area is 203 Å². The van der Waals surface area contributed by atoms with Crippen LogP contribution in [-0.2, 0) is 27.4 Å². The Kier molecular flexibility index (Phi) is 6.88. The van der Waals surface area contributed by atoms with E-state index in [0.29, 0.717) is 11.0 Å². The Balaban J connectivity index is 1.48. The summed E-state index contributed by atoms with van der Waals surface area (Å²) >= 11 is 5.76. The van der Waals surface area contributed by atoms with Crippen LogP contribution in [0, 0.1) is 5.82 Å². The minimum atomic E-state index is -1.38. The highest BCUT2D eigenvalue weighted by atomic mass is 35.5. The van der Waals surface area contributed by atoms with Gasteiger partial charge in [0.1, 0.15) is 35.8 Å². The summed E-state index contributed by atoms with van der Waals surface area (Å²) in [4.78, 5) is 43.0. The van der Waals surface area contributed by atoms with Crippen LogP contribution < -0.4 is 11.1 Å². The summed E-state index contributed by atoms with van der Waals surface area (Å²) in [6.07, 6.45) is 1.27. The van der Waals surface area contributed by atoms with Crippen molar-refractivity contribution in [3.8, 4) is 0 Å². The lowest BCUT2D eigenvalue weighted by Gasteiger charge is -2.24. The monoisotopic (exact) mass is 505 g/mol. The van der Waals surface area contributed by atoms with Gasteiger partial charge in [0, 0.05) is 36.3 Å². The standard InChI is InChI=1S/C23H22ClF2N5O4/c1-35-23(34)15-9-28-21-14(20(15)27)5-6-30(21)11-18(32)31-10-13(25)7-17(31)22(33)29-8-12-3-2-4-16(24)19(12)26/h2-6,9,13,17H,7-8,10-11H2,1H3,(H2,27,28)(H,29,33)/t13-,17+/m1/s1. The quantitative estimate of drug-likeness (QED) is 0.497. The largest absolute Gasteiger partial charge is 0.465 e. The second-order valence-electron chi connectivity index (χ2n) is 8.08. The number of nitrogen functional groups attached to an aromatic ring is 1. The van der Waals surface area contributed by atoms with E-state index in [1.54, 1.807) is 18.3 Å². The highest BCUT2D eigenvalue weighted by Gasteiger charge is 2.39. The van der Waals surface area contributed by atoms with Gasteiger partial charge in [-0.25, -0.2) is 18.6 Å². The van der Waals surface area contributed by atoms with Gasteiger partial charge in [0.15, 0.2) is 0 Å². The molecule has 2 amide bonds. The maximum atomic E-state index is 14.2. The van der Waals surface area contributed by atoms with E-state index in [0.717, 1.165) is 4.90 Å². The van der Waals surface area contributed by atoms with Gasteiger partial charge < -0.3 is 25.3 Å². The zero-order valence-electron chi connectivity index (χ0n) is 18.6. The summed E-state index contributed by atoms with van der Waals surface area (Å²) in [6, 6.07) is 4.95. The number of nitrogens with zero attached hydrogens (tertiary/aromatic N) is 3. The fourth-order valence-corrected chi connectivity index (χ4v) is 4.28. The molecule has 0 spiro atoms. The van der Waals surface area contributed by atoms with Crippen molar-refractivity contribution in [3.63, 3.8) is 0 Å². The topological polar surface area (TPSA) is 120 Å². The first kappa shape index (κ1) is 24.4.